The average molecular weight is 234 g/mol. The van der Waals surface area contributed by atoms with Crippen LogP contribution in [0.4, 0.5) is 0 Å². The van der Waals surface area contributed by atoms with E-state index < -0.39 is 0 Å². The van der Waals surface area contributed by atoms with E-state index in [1.165, 1.54) is 32.7 Å². The second-order valence-corrected chi connectivity index (χ2v) is 4.92. The summed E-state index contributed by atoms with van der Waals surface area (Å²) in [5, 5.41) is 5.39. The van der Waals surface area contributed by atoms with E-state index in [0.717, 1.165) is 12.8 Å². The third-order valence-corrected chi connectivity index (χ3v) is 3.74. The van der Waals surface area contributed by atoms with Crippen molar-refractivity contribution in [2.45, 2.75) is 26.7 Å². The van der Waals surface area contributed by atoms with E-state index in [1.807, 2.05) is 0 Å². The molecule has 3 aromatic carbocycles. The Kier molecular flexibility index (Phi) is 2.79. The number of aryl methyl sites for hydroxylation is 2. The molecule has 0 aliphatic heterocycles. The van der Waals surface area contributed by atoms with Crippen LogP contribution in [-0.2, 0) is 12.8 Å². The van der Waals surface area contributed by atoms with Gasteiger partial charge in [0.05, 0.1) is 0 Å². The molecule has 3 rings (SSSR count). The van der Waals surface area contributed by atoms with Gasteiger partial charge < -0.3 is 0 Å². The van der Waals surface area contributed by atoms with Gasteiger partial charge >= 0.3 is 0 Å². The molecule has 0 amide bonds. The van der Waals surface area contributed by atoms with Crippen molar-refractivity contribution in [3.05, 3.63) is 59.7 Å². The Morgan fingerprint density at radius 3 is 1.39 bits per heavy atom. The minimum atomic E-state index is 1.10. The fraction of sp³-hybridized carbons (Fsp3) is 0.222. The topological polar surface area (TPSA) is 0 Å². The van der Waals surface area contributed by atoms with E-state index in [4.69, 9.17) is 0 Å². The Bertz CT molecular complexity index is 644. The van der Waals surface area contributed by atoms with Crippen molar-refractivity contribution < 1.29 is 0 Å². The molecule has 0 N–H and O–H groups in total. The van der Waals surface area contributed by atoms with Gasteiger partial charge in [-0.1, -0.05) is 50.2 Å². The Balaban J connectivity index is 2.28. The van der Waals surface area contributed by atoms with E-state index in [2.05, 4.69) is 62.4 Å². The standard InChI is InChI=1S/C18H18/c1-3-13-5-7-15-12-18-10-14(4-2)6-8-16(18)11-17(15)9-13/h5-12H,3-4H2,1-2H3. The smallest absolute Gasteiger partial charge is 0.0175 e. The van der Waals surface area contributed by atoms with Crippen LogP contribution in [-0.4, -0.2) is 0 Å². The molecular formula is C18H18. The van der Waals surface area contributed by atoms with Crippen LogP contribution in [0.15, 0.2) is 48.5 Å². The predicted molar refractivity (Wildman–Crippen MR) is 80.2 cm³/mol. The zero-order valence-corrected chi connectivity index (χ0v) is 11.0. The summed E-state index contributed by atoms with van der Waals surface area (Å²) >= 11 is 0. The van der Waals surface area contributed by atoms with Gasteiger partial charge in [0.2, 0.25) is 0 Å². The maximum atomic E-state index is 2.31. The maximum Gasteiger partial charge on any atom is -0.0175 e. The van der Waals surface area contributed by atoms with Gasteiger partial charge in [0, 0.05) is 0 Å². The summed E-state index contributed by atoms with van der Waals surface area (Å²) in [5.41, 5.74) is 2.82. The van der Waals surface area contributed by atoms with Gasteiger partial charge in [-0.15, -0.1) is 0 Å². The third-order valence-electron chi connectivity index (χ3n) is 3.74. The van der Waals surface area contributed by atoms with Gasteiger partial charge in [-0.25, -0.2) is 0 Å². The molecule has 0 unspecified atom stereocenters. The lowest BCUT2D eigenvalue weighted by Gasteiger charge is -2.06. The quantitative estimate of drug-likeness (QED) is 0.540. The highest BCUT2D eigenvalue weighted by molar-refractivity contribution is 5.98. The molecule has 90 valence electrons. The van der Waals surface area contributed by atoms with Gasteiger partial charge in [-0.2, -0.15) is 0 Å². The molecule has 18 heavy (non-hydrogen) atoms. The van der Waals surface area contributed by atoms with E-state index in [0.29, 0.717) is 0 Å². The van der Waals surface area contributed by atoms with Crippen LogP contribution < -0.4 is 0 Å². The molecule has 0 nitrogen and oxygen atoms in total. The molecule has 0 saturated heterocycles. The highest BCUT2D eigenvalue weighted by atomic mass is 14.0. The van der Waals surface area contributed by atoms with Crippen LogP contribution in [0.25, 0.3) is 21.5 Å². The summed E-state index contributed by atoms with van der Waals surface area (Å²) in [7, 11) is 0. The molecule has 0 aliphatic rings. The lowest BCUT2D eigenvalue weighted by molar-refractivity contribution is 1.14. The molecule has 0 saturated carbocycles. The number of fused-ring (bicyclic) bond motifs is 2. The summed E-state index contributed by atoms with van der Waals surface area (Å²) in [4.78, 5) is 0. The molecule has 0 bridgehead atoms. The molecule has 0 radical (unpaired) electrons. The van der Waals surface area contributed by atoms with Crippen LogP contribution in [0.3, 0.4) is 0 Å². The molecule has 0 spiro atoms. The molecule has 0 aliphatic carbocycles. The molecule has 0 heterocycles. The van der Waals surface area contributed by atoms with Crippen molar-refractivity contribution >= 4 is 21.5 Å². The van der Waals surface area contributed by atoms with Crippen LogP contribution in [0.2, 0.25) is 0 Å². The minimum Gasteiger partial charge on any atom is -0.0613 e. The first-order valence-corrected chi connectivity index (χ1v) is 6.75. The van der Waals surface area contributed by atoms with Crippen molar-refractivity contribution in [1.82, 2.24) is 0 Å². The predicted octanol–water partition coefficient (Wildman–Crippen LogP) is 5.12. The largest absolute Gasteiger partial charge is 0.0613 e. The van der Waals surface area contributed by atoms with E-state index >= 15 is 0 Å². The first-order chi connectivity index (χ1) is 8.80. The van der Waals surface area contributed by atoms with Crippen molar-refractivity contribution in [3.8, 4) is 0 Å². The first kappa shape index (κ1) is 11.3. The van der Waals surface area contributed by atoms with Crippen LogP contribution in [0.5, 0.6) is 0 Å². The van der Waals surface area contributed by atoms with Crippen molar-refractivity contribution in [2.75, 3.05) is 0 Å². The minimum absolute atomic E-state index is 1.10. The molecule has 0 heteroatoms. The summed E-state index contributed by atoms with van der Waals surface area (Å²) in [5.74, 6) is 0. The molecule has 3 aromatic rings. The summed E-state index contributed by atoms with van der Waals surface area (Å²) in [6.45, 7) is 4.41. The third kappa shape index (κ3) is 1.88. The van der Waals surface area contributed by atoms with Crippen LogP contribution in [0.1, 0.15) is 25.0 Å². The van der Waals surface area contributed by atoms with Crippen molar-refractivity contribution in [1.29, 1.82) is 0 Å². The Morgan fingerprint density at radius 2 is 1.00 bits per heavy atom. The van der Waals surface area contributed by atoms with E-state index in [-0.39, 0.29) is 0 Å². The second-order valence-electron chi connectivity index (χ2n) is 4.92. The normalized spacial score (nSPS) is 11.2. The van der Waals surface area contributed by atoms with Gasteiger partial charge in [-0.05, 0) is 57.6 Å². The lowest BCUT2D eigenvalue weighted by Crippen LogP contribution is -1.83. The van der Waals surface area contributed by atoms with Gasteiger partial charge in [0.15, 0.2) is 0 Å². The molecule has 0 atom stereocenters. The van der Waals surface area contributed by atoms with Crippen molar-refractivity contribution in [3.63, 3.8) is 0 Å². The zero-order chi connectivity index (χ0) is 12.5. The van der Waals surface area contributed by atoms with Gasteiger partial charge in [0.1, 0.15) is 0 Å². The fourth-order valence-corrected chi connectivity index (χ4v) is 2.54. The summed E-state index contributed by atoms with van der Waals surface area (Å²) < 4.78 is 0. The van der Waals surface area contributed by atoms with Crippen molar-refractivity contribution in [2.24, 2.45) is 0 Å². The van der Waals surface area contributed by atoms with Gasteiger partial charge in [-0.3, -0.25) is 0 Å². The first-order valence-electron chi connectivity index (χ1n) is 6.75. The van der Waals surface area contributed by atoms with E-state index in [1.54, 1.807) is 0 Å². The van der Waals surface area contributed by atoms with Crippen LogP contribution in [0, 0.1) is 0 Å². The van der Waals surface area contributed by atoms with E-state index in [9.17, 15) is 0 Å². The summed E-state index contributed by atoms with van der Waals surface area (Å²) in [6, 6.07) is 18.2. The number of rotatable bonds is 2. The number of benzene rings is 3. The number of hydrogen-bond acceptors (Lipinski definition) is 0. The Hall–Kier alpha value is -1.82. The Labute approximate surface area is 108 Å². The highest BCUT2D eigenvalue weighted by Gasteiger charge is 2.00. The number of hydrogen-bond donors (Lipinski definition) is 0. The maximum absolute atomic E-state index is 2.31. The zero-order valence-electron chi connectivity index (χ0n) is 11.0. The highest BCUT2D eigenvalue weighted by Crippen LogP contribution is 2.25. The van der Waals surface area contributed by atoms with Gasteiger partial charge in [0.25, 0.3) is 0 Å². The fourth-order valence-electron chi connectivity index (χ4n) is 2.54. The van der Waals surface area contributed by atoms with Crippen LogP contribution >= 0.6 is 0 Å². The Morgan fingerprint density at radius 1 is 0.556 bits per heavy atom. The average Bonchev–Trinajstić information content (AvgIpc) is 2.43. The second kappa shape index (κ2) is 4.45. The summed E-state index contributed by atoms with van der Waals surface area (Å²) in [6.07, 6.45) is 2.20. The lowest BCUT2D eigenvalue weighted by atomic mass is 9.99. The SMILES string of the molecule is CCc1ccc2cc3cc(CC)ccc3cc2c1. The monoisotopic (exact) mass is 234 g/mol. The molecule has 0 fully saturated rings. The molecular weight excluding hydrogens is 216 g/mol. The molecule has 0 aromatic heterocycles.